The first-order valence-electron chi connectivity index (χ1n) is 10.2. The van der Waals surface area contributed by atoms with Crippen LogP contribution in [-0.2, 0) is 0 Å². The minimum absolute atomic E-state index is 0.305. The molecule has 0 radical (unpaired) electrons. The van der Waals surface area contributed by atoms with Crippen molar-refractivity contribution in [1.82, 2.24) is 0 Å². The van der Waals surface area contributed by atoms with Gasteiger partial charge in [-0.1, -0.05) is 24.3 Å². The highest BCUT2D eigenvalue weighted by atomic mass is 32.1. The summed E-state index contributed by atoms with van der Waals surface area (Å²) in [6, 6.07) is 13.1. The Morgan fingerprint density at radius 3 is 1.41 bits per heavy atom. The monoisotopic (exact) mass is 462 g/mol. The van der Waals surface area contributed by atoms with E-state index >= 15 is 0 Å². The minimum Gasteiger partial charge on any atom is -0.236 e. The number of rotatable bonds is 2. The van der Waals surface area contributed by atoms with Gasteiger partial charge in [0.25, 0.3) is 0 Å². The molecule has 1 aliphatic heterocycles. The Balaban J connectivity index is 2.03. The Bertz CT molecular complexity index is 1520. The van der Waals surface area contributed by atoms with Crippen LogP contribution in [0.1, 0.15) is 32.0 Å². The van der Waals surface area contributed by atoms with E-state index < -0.39 is 0 Å². The van der Waals surface area contributed by atoms with Crippen LogP contribution in [0.2, 0.25) is 0 Å². The molecule has 5 rings (SSSR count). The van der Waals surface area contributed by atoms with Gasteiger partial charge in [0.1, 0.15) is 21.0 Å². The molecule has 2 nitrogen and oxygen atoms in total. The number of fused-ring (bicyclic) bond motifs is 2. The third-order valence-electron chi connectivity index (χ3n) is 5.83. The van der Waals surface area contributed by atoms with Crippen molar-refractivity contribution in [1.29, 1.82) is 0 Å². The molecule has 0 N–H and O–H groups in total. The van der Waals surface area contributed by atoms with E-state index in [1.165, 1.54) is 24.3 Å². The van der Waals surface area contributed by atoms with E-state index in [1.54, 1.807) is 34.8 Å². The summed E-state index contributed by atoms with van der Waals surface area (Å²) in [7, 11) is 0. The van der Waals surface area contributed by atoms with Gasteiger partial charge in [-0.15, -0.1) is 22.7 Å². The van der Waals surface area contributed by atoms with Crippen molar-refractivity contribution >= 4 is 34.1 Å². The summed E-state index contributed by atoms with van der Waals surface area (Å²) in [6.45, 7) is 8.20. The molecule has 160 valence electrons. The summed E-state index contributed by atoms with van der Waals surface area (Å²) in [5.74, 6) is -0.609. The van der Waals surface area contributed by atoms with Crippen LogP contribution in [0.5, 0.6) is 0 Å². The van der Waals surface area contributed by atoms with Crippen molar-refractivity contribution in [3.63, 3.8) is 0 Å². The first kappa shape index (κ1) is 20.9. The lowest BCUT2D eigenvalue weighted by Crippen LogP contribution is -2.32. The van der Waals surface area contributed by atoms with E-state index in [0.717, 1.165) is 40.7 Å². The van der Waals surface area contributed by atoms with Crippen molar-refractivity contribution in [3.8, 4) is 0 Å². The molecule has 32 heavy (non-hydrogen) atoms. The van der Waals surface area contributed by atoms with Crippen LogP contribution in [0.4, 0.5) is 8.78 Å². The zero-order valence-electron chi connectivity index (χ0n) is 18.1. The predicted octanol–water partition coefficient (Wildman–Crippen LogP) is 4.59. The number of hydrogen-bond donors (Lipinski definition) is 0. The molecule has 4 aromatic rings. The number of thiophene rings is 2. The van der Waals surface area contributed by atoms with Gasteiger partial charge in [-0.3, -0.25) is 0 Å². The summed E-state index contributed by atoms with van der Waals surface area (Å²) in [6.07, 6.45) is 0. The first-order chi connectivity index (χ1) is 15.3. The fourth-order valence-corrected chi connectivity index (χ4v) is 6.01. The molecule has 0 bridgehead atoms. The van der Waals surface area contributed by atoms with Gasteiger partial charge in [0.05, 0.1) is 11.4 Å². The fourth-order valence-electron chi connectivity index (χ4n) is 3.94. The van der Waals surface area contributed by atoms with Crippen LogP contribution in [0.15, 0.2) is 58.5 Å². The number of aryl methyl sites for hydroxylation is 2. The second kappa shape index (κ2) is 7.87. The molecule has 0 saturated heterocycles. The van der Waals surface area contributed by atoms with Gasteiger partial charge in [-0.25, -0.2) is 18.8 Å². The van der Waals surface area contributed by atoms with Crippen LogP contribution in [0.25, 0.3) is 11.4 Å². The lowest BCUT2D eigenvalue weighted by atomic mass is 10.1. The molecule has 0 fully saturated rings. The van der Waals surface area contributed by atoms with Crippen LogP contribution >= 0.6 is 22.7 Å². The largest absolute Gasteiger partial charge is 0.236 e. The molecule has 0 spiro atoms. The lowest BCUT2D eigenvalue weighted by Gasteiger charge is -2.07. The van der Waals surface area contributed by atoms with E-state index in [1.807, 2.05) is 26.0 Å². The molecule has 2 aromatic carbocycles. The maximum atomic E-state index is 14.2. The highest BCUT2D eigenvalue weighted by Gasteiger charge is 2.17. The third kappa shape index (κ3) is 3.44. The molecule has 0 aliphatic carbocycles. The van der Waals surface area contributed by atoms with Crippen LogP contribution in [0, 0.1) is 39.3 Å². The van der Waals surface area contributed by atoms with E-state index in [-0.39, 0.29) is 11.6 Å². The molecular formula is C26H20F2N2S2. The first-order valence-corrected chi connectivity index (χ1v) is 11.9. The van der Waals surface area contributed by atoms with Gasteiger partial charge in [0.2, 0.25) is 0 Å². The molecule has 1 aliphatic rings. The smallest absolute Gasteiger partial charge is 0.126 e. The Kier molecular flexibility index (Phi) is 5.14. The highest BCUT2D eigenvalue weighted by molar-refractivity contribution is 7.10. The SMILES string of the molecule is Cc1s/c2c(c1C)=C(c1cccc(F)c1)/N=c1/sc(C)c(C)c1=C(c1cccc(F)c1)/N=2. The second-order valence-electron chi connectivity index (χ2n) is 7.87. The van der Waals surface area contributed by atoms with Crippen molar-refractivity contribution in [3.05, 3.63) is 112 Å². The molecule has 0 amide bonds. The maximum absolute atomic E-state index is 14.2. The van der Waals surface area contributed by atoms with E-state index in [9.17, 15) is 8.78 Å². The van der Waals surface area contributed by atoms with Crippen LogP contribution in [0.3, 0.4) is 0 Å². The molecule has 2 aromatic heterocycles. The van der Waals surface area contributed by atoms with Crippen molar-refractivity contribution in [2.45, 2.75) is 27.7 Å². The van der Waals surface area contributed by atoms with Crippen molar-refractivity contribution in [2.24, 2.45) is 9.98 Å². The van der Waals surface area contributed by atoms with Crippen molar-refractivity contribution in [2.75, 3.05) is 0 Å². The minimum atomic E-state index is -0.305. The van der Waals surface area contributed by atoms with E-state index in [0.29, 0.717) is 22.5 Å². The Morgan fingerprint density at radius 1 is 0.625 bits per heavy atom. The fraction of sp³-hybridized carbons (Fsp3) is 0.154. The number of hydrogen-bond acceptors (Lipinski definition) is 4. The van der Waals surface area contributed by atoms with Gasteiger partial charge in [0, 0.05) is 31.3 Å². The summed E-state index contributed by atoms with van der Waals surface area (Å²) in [5.41, 5.74) is 5.00. The average molecular weight is 463 g/mol. The average Bonchev–Trinajstić information content (AvgIpc) is 3.17. The van der Waals surface area contributed by atoms with Crippen LogP contribution < -0.4 is 19.8 Å². The standard InChI is InChI=1S/C26H20F2N2S2/c1-13-15(3)31-25-21(13)23(17-7-5-9-19(27)11-17)29-26-22(14(2)16(4)32-26)24(30-25)18-8-6-10-20(28)12-18/h5-12H,1-4H3/b23-21?,24-22?,29-23?,29-26-,30-24?,30-25+. The topological polar surface area (TPSA) is 24.7 Å². The van der Waals surface area contributed by atoms with Gasteiger partial charge in [-0.05, 0) is 63.1 Å². The van der Waals surface area contributed by atoms with Gasteiger partial charge < -0.3 is 0 Å². The predicted molar refractivity (Wildman–Crippen MR) is 127 cm³/mol. The summed E-state index contributed by atoms with van der Waals surface area (Å²) >= 11 is 3.16. The molecular weight excluding hydrogens is 442 g/mol. The number of halogens is 2. The summed E-state index contributed by atoms with van der Waals surface area (Å²) < 4.78 is 29.9. The highest BCUT2D eigenvalue weighted by Crippen LogP contribution is 2.20. The molecule has 6 heteroatoms. The van der Waals surface area contributed by atoms with Gasteiger partial charge >= 0.3 is 0 Å². The summed E-state index contributed by atoms with van der Waals surface area (Å²) in [5, 5.41) is 1.81. The Hall–Kier alpha value is -2.96. The lowest BCUT2D eigenvalue weighted by molar-refractivity contribution is 0.627. The van der Waals surface area contributed by atoms with Gasteiger partial charge in [-0.2, -0.15) is 0 Å². The van der Waals surface area contributed by atoms with Crippen LogP contribution in [-0.4, -0.2) is 0 Å². The van der Waals surface area contributed by atoms with Gasteiger partial charge in [0.15, 0.2) is 0 Å². The normalized spacial score (nSPS) is 15.2. The number of benzene rings is 2. The van der Waals surface area contributed by atoms with E-state index in [2.05, 4.69) is 13.8 Å². The summed E-state index contributed by atoms with van der Waals surface area (Å²) in [4.78, 5) is 12.5. The zero-order chi connectivity index (χ0) is 22.6. The maximum Gasteiger partial charge on any atom is 0.126 e. The third-order valence-corrected chi connectivity index (χ3v) is 8.03. The zero-order valence-corrected chi connectivity index (χ0v) is 19.7. The molecule has 0 unspecified atom stereocenters. The molecule has 0 atom stereocenters. The van der Waals surface area contributed by atoms with E-state index in [4.69, 9.17) is 9.98 Å². The molecule has 0 saturated carbocycles. The molecule has 3 heterocycles. The van der Waals surface area contributed by atoms with Crippen molar-refractivity contribution < 1.29 is 8.78 Å². The Labute approximate surface area is 192 Å². The Morgan fingerprint density at radius 2 is 1.03 bits per heavy atom. The quantitative estimate of drug-likeness (QED) is 0.416. The number of nitrogens with zero attached hydrogens (tertiary/aromatic N) is 2. The second-order valence-corrected chi connectivity index (χ2v) is 10.3.